The van der Waals surface area contributed by atoms with Crippen LogP contribution < -0.4 is 5.73 Å². The average Bonchev–Trinajstić information content (AvgIpc) is 2.52. The molecular weight excluding hydrogens is 345 g/mol. The number of hydrogen-bond acceptors (Lipinski definition) is 2. The van der Waals surface area contributed by atoms with Gasteiger partial charge in [-0.25, -0.2) is 0 Å². The molecule has 0 bridgehead atoms. The molecule has 24 heavy (non-hydrogen) atoms. The molecule has 0 aromatic heterocycles. The highest BCUT2D eigenvalue weighted by Gasteiger charge is 2.30. The maximum atomic E-state index is 12.7. The summed E-state index contributed by atoms with van der Waals surface area (Å²) in [5.74, 6) is -0.962. The zero-order chi connectivity index (χ0) is 17.9. The molecule has 2 rings (SSSR count). The molecule has 0 atom stereocenters. The minimum absolute atomic E-state index is 0.117. The second-order valence-electron chi connectivity index (χ2n) is 5.57. The van der Waals surface area contributed by atoms with Gasteiger partial charge in [-0.2, -0.15) is 13.2 Å². The van der Waals surface area contributed by atoms with Gasteiger partial charge >= 0.3 is 6.18 Å². The molecule has 4 nitrogen and oxygen atoms in total. The maximum Gasteiger partial charge on any atom is 0.416 e. The maximum absolute atomic E-state index is 12.7. The Morgan fingerprint density at radius 3 is 2.42 bits per heavy atom. The highest BCUT2D eigenvalue weighted by Crippen LogP contribution is 2.32. The predicted octanol–water partition coefficient (Wildman–Crippen LogP) is 3.10. The summed E-state index contributed by atoms with van der Waals surface area (Å²) in [6.07, 6.45) is -1.06. The summed E-state index contributed by atoms with van der Waals surface area (Å²) in [4.78, 5) is 24.7. The van der Waals surface area contributed by atoms with Crippen molar-refractivity contribution in [1.82, 2.24) is 4.90 Å². The first kappa shape index (κ1) is 18.3. The Balaban J connectivity index is 2.06. The lowest BCUT2D eigenvalue weighted by Crippen LogP contribution is -2.41. The van der Waals surface area contributed by atoms with Crippen molar-refractivity contribution in [1.29, 1.82) is 0 Å². The van der Waals surface area contributed by atoms with E-state index in [9.17, 15) is 22.8 Å². The number of benzene rings is 1. The standard InChI is InChI=1S/C16H16ClF3N2O2/c17-13-3-2-12(16(18,19)20)9-11(13)1-4-14(23)22-7-5-10(6-8-22)15(21)24/h1-4,9-10H,5-8H2,(H2,21,24)/b4-1+. The van der Waals surface area contributed by atoms with Crippen LogP contribution in [0.15, 0.2) is 24.3 Å². The molecule has 130 valence electrons. The van der Waals surface area contributed by atoms with E-state index >= 15 is 0 Å². The number of piperidine rings is 1. The molecule has 0 aliphatic carbocycles. The quantitative estimate of drug-likeness (QED) is 0.842. The fourth-order valence-corrected chi connectivity index (χ4v) is 2.68. The van der Waals surface area contributed by atoms with Gasteiger partial charge in [-0.1, -0.05) is 11.6 Å². The summed E-state index contributed by atoms with van der Waals surface area (Å²) in [6.45, 7) is 0.764. The van der Waals surface area contributed by atoms with Crippen LogP contribution in [0.4, 0.5) is 13.2 Å². The van der Waals surface area contributed by atoms with E-state index in [1.54, 1.807) is 0 Å². The summed E-state index contributed by atoms with van der Waals surface area (Å²) in [6, 6.07) is 2.93. The number of primary amides is 1. The van der Waals surface area contributed by atoms with Gasteiger partial charge in [0.25, 0.3) is 0 Å². The van der Waals surface area contributed by atoms with E-state index in [1.165, 1.54) is 17.1 Å². The fourth-order valence-electron chi connectivity index (χ4n) is 2.50. The van der Waals surface area contributed by atoms with E-state index in [-0.39, 0.29) is 28.3 Å². The van der Waals surface area contributed by atoms with E-state index in [0.717, 1.165) is 18.2 Å². The van der Waals surface area contributed by atoms with Gasteiger partial charge < -0.3 is 10.6 Å². The average molecular weight is 361 g/mol. The summed E-state index contributed by atoms with van der Waals surface area (Å²) >= 11 is 5.87. The third-order valence-corrected chi connectivity index (χ3v) is 4.28. The monoisotopic (exact) mass is 360 g/mol. The van der Waals surface area contributed by atoms with E-state index in [2.05, 4.69) is 0 Å². The first-order chi connectivity index (χ1) is 11.2. The largest absolute Gasteiger partial charge is 0.416 e. The molecule has 2 N–H and O–H groups in total. The molecule has 0 spiro atoms. The second-order valence-corrected chi connectivity index (χ2v) is 5.98. The van der Waals surface area contributed by atoms with Crippen LogP contribution in [0.1, 0.15) is 24.0 Å². The summed E-state index contributed by atoms with van der Waals surface area (Å²) < 4.78 is 38.1. The van der Waals surface area contributed by atoms with Gasteiger partial charge in [0.05, 0.1) is 5.56 Å². The van der Waals surface area contributed by atoms with Gasteiger partial charge in [-0.3, -0.25) is 9.59 Å². The molecule has 1 fully saturated rings. The second kappa shape index (κ2) is 7.25. The molecule has 0 saturated carbocycles. The molecular formula is C16H16ClF3N2O2. The lowest BCUT2D eigenvalue weighted by Gasteiger charge is -2.29. The van der Waals surface area contributed by atoms with Crippen molar-refractivity contribution in [2.24, 2.45) is 11.7 Å². The molecule has 1 aromatic rings. The molecule has 1 aliphatic rings. The van der Waals surface area contributed by atoms with Crippen LogP contribution in [0.5, 0.6) is 0 Å². The number of carbonyl (C=O) groups is 2. The van der Waals surface area contributed by atoms with Crippen LogP contribution >= 0.6 is 11.6 Å². The van der Waals surface area contributed by atoms with Gasteiger partial charge in [-0.15, -0.1) is 0 Å². The van der Waals surface area contributed by atoms with Crippen LogP contribution in [-0.2, 0) is 15.8 Å². The Bertz CT molecular complexity index is 666. The van der Waals surface area contributed by atoms with Crippen molar-refractivity contribution >= 4 is 29.5 Å². The van der Waals surface area contributed by atoms with Gasteiger partial charge in [-0.05, 0) is 42.7 Å². The van der Waals surface area contributed by atoms with Crippen LogP contribution in [0.25, 0.3) is 6.08 Å². The zero-order valence-corrected chi connectivity index (χ0v) is 13.4. The van der Waals surface area contributed by atoms with Crippen LogP contribution in [0.2, 0.25) is 5.02 Å². The number of carbonyl (C=O) groups excluding carboxylic acids is 2. The third kappa shape index (κ3) is 4.50. The molecule has 1 saturated heterocycles. The molecule has 1 aliphatic heterocycles. The third-order valence-electron chi connectivity index (χ3n) is 3.94. The van der Waals surface area contributed by atoms with Crippen molar-refractivity contribution in [3.05, 3.63) is 40.4 Å². The molecule has 8 heteroatoms. The number of halogens is 4. The molecule has 1 heterocycles. The van der Waals surface area contributed by atoms with Crippen LogP contribution in [0.3, 0.4) is 0 Å². The first-order valence-electron chi connectivity index (χ1n) is 7.31. The Morgan fingerprint density at radius 1 is 1.25 bits per heavy atom. The highest BCUT2D eigenvalue weighted by molar-refractivity contribution is 6.32. The van der Waals surface area contributed by atoms with E-state index in [1.807, 2.05) is 0 Å². The number of nitrogens with two attached hydrogens (primary N) is 1. The Morgan fingerprint density at radius 2 is 1.88 bits per heavy atom. The van der Waals surface area contributed by atoms with Crippen molar-refractivity contribution < 1.29 is 22.8 Å². The number of nitrogens with zero attached hydrogens (tertiary/aromatic N) is 1. The first-order valence-corrected chi connectivity index (χ1v) is 7.69. The van der Waals surface area contributed by atoms with Gasteiger partial charge in [0.2, 0.25) is 11.8 Å². The fraction of sp³-hybridized carbons (Fsp3) is 0.375. The lowest BCUT2D eigenvalue weighted by atomic mass is 9.96. The molecule has 0 unspecified atom stereocenters. The normalized spacial score (nSPS) is 16.6. The van der Waals surface area contributed by atoms with Crippen molar-refractivity contribution in [3.8, 4) is 0 Å². The minimum atomic E-state index is -4.48. The topological polar surface area (TPSA) is 63.4 Å². The molecule has 0 radical (unpaired) electrons. The predicted molar refractivity (Wildman–Crippen MR) is 84.0 cm³/mol. The molecule has 2 amide bonds. The lowest BCUT2D eigenvalue weighted by molar-refractivity contribution is -0.137. The van der Waals surface area contributed by atoms with Gasteiger partial charge in [0, 0.05) is 30.1 Å². The smallest absolute Gasteiger partial charge is 0.369 e. The SMILES string of the molecule is NC(=O)C1CCN(C(=O)/C=C/c2cc(C(F)(F)F)ccc2Cl)CC1. The van der Waals surface area contributed by atoms with E-state index < -0.39 is 11.7 Å². The van der Waals surface area contributed by atoms with Crippen molar-refractivity contribution in [3.63, 3.8) is 0 Å². The van der Waals surface area contributed by atoms with E-state index in [4.69, 9.17) is 17.3 Å². The van der Waals surface area contributed by atoms with Crippen LogP contribution in [0, 0.1) is 5.92 Å². The van der Waals surface area contributed by atoms with E-state index in [0.29, 0.717) is 25.9 Å². The number of likely N-dealkylation sites (tertiary alicyclic amines) is 1. The van der Waals surface area contributed by atoms with Crippen molar-refractivity contribution in [2.75, 3.05) is 13.1 Å². The van der Waals surface area contributed by atoms with Gasteiger partial charge in [0.15, 0.2) is 0 Å². The Hall–Kier alpha value is -2.02. The zero-order valence-electron chi connectivity index (χ0n) is 12.6. The number of hydrogen-bond donors (Lipinski definition) is 1. The highest BCUT2D eigenvalue weighted by atomic mass is 35.5. The summed E-state index contributed by atoms with van der Waals surface area (Å²) in [5.41, 5.74) is 4.51. The number of amides is 2. The van der Waals surface area contributed by atoms with Crippen LogP contribution in [-0.4, -0.2) is 29.8 Å². The minimum Gasteiger partial charge on any atom is -0.369 e. The summed E-state index contributed by atoms with van der Waals surface area (Å²) in [7, 11) is 0. The number of alkyl halides is 3. The Labute approximate surface area is 142 Å². The molecule has 1 aromatic carbocycles. The number of rotatable bonds is 3. The Kier molecular flexibility index (Phi) is 5.54. The summed E-state index contributed by atoms with van der Waals surface area (Å²) in [5, 5.41) is 0.125. The van der Waals surface area contributed by atoms with Crippen molar-refractivity contribution in [2.45, 2.75) is 19.0 Å². The van der Waals surface area contributed by atoms with Gasteiger partial charge in [0.1, 0.15) is 0 Å².